The van der Waals surface area contributed by atoms with Crippen molar-refractivity contribution in [1.82, 2.24) is 16.0 Å². The second-order valence-electron chi connectivity index (χ2n) is 5.50. The summed E-state index contributed by atoms with van der Waals surface area (Å²) in [5.41, 5.74) is 1.15. The summed E-state index contributed by atoms with van der Waals surface area (Å²) in [6.45, 7) is 5.51. The zero-order valence-corrected chi connectivity index (χ0v) is 13.6. The average molecular weight is 327 g/mol. The van der Waals surface area contributed by atoms with E-state index in [0.29, 0.717) is 11.3 Å². The van der Waals surface area contributed by atoms with Crippen LogP contribution in [0.3, 0.4) is 0 Å². The van der Waals surface area contributed by atoms with Crippen LogP contribution in [0.4, 0.5) is 10.5 Å². The van der Waals surface area contributed by atoms with Gasteiger partial charge in [0.1, 0.15) is 0 Å². The quantitative estimate of drug-likeness (QED) is 0.680. The first kappa shape index (κ1) is 18.3. The molecule has 7 heteroatoms. The maximum Gasteiger partial charge on any atom is 0.319 e. The standard InChI is InChI=1S/C15H22N4O2.ClH/c1-10(2)17-15(21)19-12-5-3-4-11(8-12)14(20)18-13-6-7-16-9-13;/h3-5,8,10,13,16H,6-7,9H2,1-2H3,(H,18,20)(H2,17,19,21);1H. The predicted octanol–water partition coefficient (Wildman–Crippen LogP) is 1.73. The Morgan fingerprint density at radius 1 is 1.32 bits per heavy atom. The lowest BCUT2D eigenvalue weighted by atomic mass is 10.1. The normalized spacial score (nSPS) is 16.8. The third-order valence-electron chi connectivity index (χ3n) is 3.20. The molecule has 0 bridgehead atoms. The lowest BCUT2D eigenvalue weighted by molar-refractivity contribution is 0.0940. The minimum absolute atomic E-state index is 0. The average Bonchev–Trinajstić information content (AvgIpc) is 2.90. The Bertz CT molecular complexity index is 516. The minimum Gasteiger partial charge on any atom is -0.348 e. The number of halogens is 1. The Morgan fingerprint density at radius 2 is 2.09 bits per heavy atom. The van der Waals surface area contributed by atoms with E-state index in [2.05, 4.69) is 21.3 Å². The van der Waals surface area contributed by atoms with Crippen molar-refractivity contribution in [1.29, 1.82) is 0 Å². The van der Waals surface area contributed by atoms with Crippen molar-refractivity contribution in [2.24, 2.45) is 0 Å². The number of benzene rings is 1. The number of rotatable bonds is 4. The number of carbonyl (C=O) groups excluding carboxylic acids is 2. The summed E-state index contributed by atoms with van der Waals surface area (Å²) < 4.78 is 0. The number of carbonyl (C=O) groups is 2. The van der Waals surface area contributed by atoms with Gasteiger partial charge in [0.05, 0.1) is 0 Å². The topological polar surface area (TPSA) is 82.3 Å². The van der Waals surface area contributed by atoms with E-state index in [1.807, 2.05) is 13.8 Å². The molecule has 1 aliphatic heterocycles. The van der Waals surface area contributed by atoms with Gasteiger partial charge in [-0.25, -0.2) is 4.79 Å². The fourth-order valence-corrected chi connectivity index (χ4v) is 2.21. The molecule has 22 heavy (non-hydrogen) atoms. The van der Waals surface area contributed by atoms with Crippen LogP contribution in [0.5, 0.6) is 0 Å². The highest BCUT2D eigenvalue weighted by Gasteiger charge is 2.17. The molecule has 122 valence electrons. The summed E-state index contributed by atoms with van der Waals surface area (Å²) in [7, 11) is 0. The highest BCUT2D eigenvalue weighted by atomic mass is 35.5. The smallest absolute Gasteiger partial charge is 0.319 e. The lowest BCUT2D eigenvalue weighted by Gasteiger charge is -2.13. The molecule has 1 aliphatic rings. The van der Waals surface area contributed by atoms with E-state index in [-0.39, 0.29) is 36.4 Å². The SMILES string of the molecule is CC(C)NC(=O)Nc1cccc(C(=O)NC2CCNC2)c1.Cl. The van der Waals surface area contributed by atoms with Gasteiger partial charge in [-0.3, -0.25) is 4.79 Å². The molecule has 2 rings (SSSR count). The third kappa shape index (κ3) is 5.54. The molecule has 0 aromatic heterocycles. The van der Waals surface area contributed by atoms with Gasteiger partial charge in [-0.05, 0) is 45.0 Å². The van der Waals surface area contributed by atoms with Gasteiger partial charge in [0.15, 0.2) is 0 Å². The van der Waals surface area contributed by atoms with Crippen LogP contribution in [0.2, 0.25) is 0 Å². The van der Waals surface area contributed by atoms with Gasteiger partial charge in [-0.2, -0.15) is 0 Å². The molecule has 1 atom stereocenters. The van der Waals surface area contributed by atoms with Crippen LogP contribution >= 0.6 is 12.4 Å². The van der Waals surface area contributed by atoms with Gasteiger partial charge in [0, 0.05) is 29.9 Å². The molecular formula is C15H23ClN4O2. The van der Waals surface area contributed by atoms with Crippen LogP contribution in [-0.4, -0.2) is 37.1 Å². The number of anilines is 1. The Morgan fingerprint density at radius 3 is 2.73 bits per heavy atom. The lowest BCUT2D eigenvalue weighted by Crippen LogP contribution is -2.36. The number of hydrogen-bond acceptors (Lipinski definition) is 3. The Hall–Kier alpha value is -1.79. The molecule has 1 unspecified atom stereocenters. The predicted molar refractivity (Wildman–Crippen MR) is 89.7 cm³/mol. The van der Waals surface area contributed by atoms with E-state index >= 15 is 0 Å². The summed E-state index contributed by atoms with van der Waals surface area (Å²) in [5.74, 6) is -0.114. The van der Waals surface area contributed by atoms with Gasteiger partial charge in [0.25, 0.3) is 5.91 Å². The molecule has 1 aromatic rings. The van der Waals surface area contributed by atoms with Crippen molar-refractivity contribution < 1.29 is 9.59 Å². The van der Waals surface area contributed by atoms with Crippen molar-refractivity contribution in [2.75, 3.05) is 18.4 Å². The summed E-state index contributed by atoms with van der Waals surface area (Å²) in [6.07, 6.45) is 0.945. The largest absolute Gasteiger partial charge is 0.348 e. The van der Waals surface area contributed by atoms with Crippen molar-refractivity contribution in [3.05, 3.63) is 29.8 Å². The van der Waals surface area contributed by atoms with Crippen LogP contribution in [0, 0.1) is 0 Å². The van der Waals surface area contributed by atoms with Crippen molar-refractivity contribution in [2.45, 2.75) is 32.4 Å². The van der Waals surface area contributed by atoms with Crippen LogP contribution in [0.15, 0.2) is 24.3 Å². The van der Waals surface area contributed by atoms with E-state index in [4.69, 9.17) is 0 Å². The van der Waals surface area contributed by atoms with E-state index in [1.165, 1.54) is 0 Å². The van der Waals surface area contributed by atoms with Crippen LogP contribution in [-0.2, 0) is 0 Å². The van der Waals surface area contributed by atoms with E-state index in [0.717, 1.165) is 19.5 Å². The Balaban J connectivity index is 0.00000242. The number of urea groups is 1. The first-order chi connectivity index (χ1) is 10.0. The molecule has 1 heterocycles. The molecular weight excluding hydrogens is 304 g/mol. The van der Waals surface area contributed by atoms with E-state index in [1.54, 1.807) is 24.3 Å². The third-order valence-corrected chi connectivity index (χ3v) is 3.20. The molecule has 1 aromatic carbocycles. The fraction of sp³-hybridized carbons (Fsp3) is 0.467. The zero-order valence-electron chi connectivity index (χ0n) is 12.8. The van der Waals surface area contributed by atoms with Gasteiger partial charge in [-0.1, -0.05) is 6.07 Å². The Kier molecular flexibility index (Phi) is 7.14. The van der Waals surface area contributed by atoms with Crippen LogP contribution < -0.4 is 21.3 Å². The first-order valence-electron chi connectivity index (χ1n) is 7.24. The molecule has 0 radical (unpaired) electrons. The summed E-state index contributed by atoms with van der Waals surface area (Å²) in [6, 6.07) is 6.90. The van der Waals surface area contributed by atoms with Gasteiger partial charge < -0.3 is 21.3 Å². The van der Waals surface area contributed by atoms with Crippen molar-refractivity contribution in [3.63, 3.8) is 0 Å². The second-order valence-corrected chi connectivity index (χ2v) is 5.50. The Labute approximate surface area is 136 Å². The monoisotopic (exact) mass is 326 g/mol. The fourth-order valence-electron chi connectivity index (χ4n) is 2.21. The minimum atomic E-state index is -0.275. The first-order valence-corrected chi connectivity index (χ1v) is 7.24. The maximum absolute atomic E-state index is 12.1. The highest BCUT2D eigenvalue weighted by Crippen LogP contribution is 2.11. The van der Waals surface area contributed by atoms with Crippen LogP contribution in [0.25, 0.3) is 0 Å². The molecule has 0 aliphatic carbocycles. The zero-order chi connectivity index (χ0) is 15.2. The van der Waals surface area contributed by atoms with Crippen LogP contribution in [0.1, 0.15) is 30.6 Å². The van der Waals surface area contributed by atoms with E-state index in [9.17, 15) is 9.59 Å². The molecule has 4 N–H and O–H groups in total. The molecule has 1 saturated heterocycles. The summed E-state index contributed by atoms with van der Waals surface area (Å²) in [4.78, 5) is 23.8. The van der Waals surface area contributed by atoms with E-state index < -0.39 is 0 Å². The maximum atomic E-state index is 12.1. The number of hydrogen-bond donors (Lipinski definition) is 4. The molecule has 3 amide bonds. The highest BCUT2D eigenvalue weighted by molar-refractivity contribution is 5.97. The van der Waals surface area contributed by atoms with Crippen molar-refractivity contribution in [3.8, 4) is 0 Å². The second kappa shape index (κ2) is 8.60. The molecule has 0 saturated carbocycles. The van der Waals surface area contributed by atoms with Crippen molar-refractivity contribution >= 4 is 30.0 Å². The molecule has 0 spiro atoms. The molecule has 6 nitrogen and oxygen atoms in total. The summed E-state index contributed by atoms with van der Waals surface area (Å²) >= 11 is 0. The van der Waals surface area contributed by atoms with Gasteiger partial charge in [-0.15, -0.1) is 12.4 Å². The van der Waals surface area contributed by atoms with Gasteiger partial charge in [0.2, 0.25) is 0 Å². The summed E-state index contributed by atoms with van der Waals surface area (Å²) in [5, 5.41) is 11.6. The number of amides is 3. The number of nitrogens with one attached hydrogen (secondary N) is 4. The van der Waals surface area contributed by atoms with Gasteiger partial charge >= 0.3 is 6.03 Å². The molecule has 1 fully saturated rings.